The molecule has 2 amide bonds. The van der Waals surface area contributed by atoms with Gasteiger partial charge in [-0.25, -0.2) is 0 Å². The van der Waals surface area contributed by atoms with Gasteiger partial charge in [0.1, 0.15) is 0 Å². The van der Waals surface area contributed by atoms with E-state index in [0.717, 1.165) is 16.5 Å². The Labute approximate surface area is 142 Å². The second-order valence-corrected chi connectivity index (χ2v) is 5.93. The van der Waals surface area contributed by atoms with Crippen LogP contribution >= 0.6 is 0 Å². The molecule has 6 nitrogen and oxygen atoms in total. The number of nitrogens with two attached hydrogens (primary N) is 1. The summed E-state index contributed by atoms with van der Waals surface area (Å²) in [4.78, 5) is 30.9. The second kappa shape index (κ2) is 7.97. The first kappa shape index (κ1) is 18.0. The Bertz CT molecular complexity index is 706. The van der Waals surface area contributed by atoms with Gasteiger partial charge < -0.3 is 20.5 Å². The van der Waals surface area contributed by atoms with Gasteiger partial charge >= 0.3 is 0 Å². The maximum Gasteiger partial charge on any atom is 0.242 e. The van der Waals surface area contributed by atoms with Crippen LogP contribution in [0.5, 0.6) is 0 Å². The lowest BCUT2D eigenvalue weighted by molar-refractivity contribution is -0.139. The molecule has 1 atom stereocenters. The number of nitrogens with zero attached hydrogens (tertiary/aromatic N) is 2. The number of para-hydroxylation sites is 1. The van der Waals surface area contributed by atoms with E-state index < -0.39 is 6.04 Å². The molecule has 24 heavy (non-hydrogen) atoms. The van der Waals surface area contributed by atoms with E-state index in [1.54, 1.807) is 11.9 Å². The largest absolute Gasteiger partial charge is 0.361 e. The standard InChI is InChI=1S/C18H26N4O2/c1-4-22(5-2)17(23)12-21(3)18(24)15(19)10-13-11-20-16-9-7-6-8-14(13)16/h6-9,11,15,20H,4-5,10,12,19H2,1-3H3/t15-/m0/s1. The molecule has 0 fully saturated rings. The number of H-pyrrole nitrogens is 1. The van der Waals surface area contributed by atoms with E-state index in [0.29, 0.717) is 19.5 Å². The lowest BCUT2D eigenvalue weighted by Crippen LogP contribution is -2.47. The Kier molecular flexibility index (Phi) is 5.98. The van der Waals surface area contributed by atoms with Crippen molar-refractivity contribution in [3.05, 3.63) is 36.0 Å². The zero-order valence-corrected chi connectivity index (χ0v) is 14.6. The van der Waals surface area contributed by atoms with Crippen LogP contribution in [0.4, 0.5) is 0 Å². The van der Waals surface area contributed by atoms with Crippen molar-refractivity contribution in [3.63, 3.8) is 0 Å². The van der Waals surface area contributed by atoms with Crippen molar-refractivity contribution in [2.24, 2.45) is 5.73 Å². The van der Waals surface area contributed by atoms with Crippen molar-refractivity contribution >= 4 is 22.7 Å². The van der Waals surface area contributed by atoms with E-state index in [9.17, 15) is 9.59 Å². The van der Waals surface area contributed by atoms with Crippen molar-refractivity contribution < 1.29 is 9.59 Å². The van der Waals surface area contributed by atoms with Gasteiger partial charge in [-0.05, 0) is 31.9 Å². The third kappa shape index (κ3) is 3.94. The number of likely N-dealkylation sites (N-methyl/N-ethyl adjacent to an activating group) is 2. The third-order valence-corrected chi connectivity index (χ3v) is 4.30. The molecule has 3 N–H and O–H groups in total. The highest BCUT2D eigenvalue weighted by atomic mass is 16.2. The summed E-state index contributed by atoms with van der Waals surface area (Å²) in [7, 11) is 1.62. The zero-order chi connectivity index (χ0) is 17.7. The van der Waals surface area contributed by atoms with Gasteiger partial charge in [-0.1, -0.05) is 18.2 Å². The molecule has 0 unspecified atom stereocenters. The predicted octanol–water partition coefficient (Wildman–Crippen LogP) is 1.36. The Morgan fingerprint density at radius 3 is 2.54 bits per heavy atom. The highest BCUT2D eigenvalue weighted by Gasteiger charge is 2.22. The van der Waals surface area contributed by atoms with Crippen molar-refractivity contribution in [1.29, 1.82) is 0 Å². The van der Waals surface area contributed by atoms with E-state index >= 15 is 0 Å². The monoisotopic (exact) mass is 330 g/mol. The van der Waals surface area contributed by atoms with Gasteiger partial charge in [-0.3, -0.25) is 9.59 Å². The molecule has 1 aromatic heterocycles. The minimum atomic E-state index is -0.668. The van der Waals surface area contributed by atoms with Crippen LogP contribution < -0.4 is 5.73 Å². The second-order valence-electron chi connectivity index (χ2n) is 5.93. The zero-order valence-electron chi connectivity index (χ0n) is 14.6. The number of nitrogens with one attached hydrogen (secondary N) is 1. The summed E-state index contributed by atoms with van der Waals surface area (Å²) in [6.07, 6.45) is 2.32. The van der Waals surface area contributed by atoms with Crippen LogP contribution in [0.25, 0.3) is 10.9 Å². The molecule has 0 spiro atoms. The Balaban J connectivity index is 2.00. The van der Waals surface area contributed by atoms with Gasteiger partial charge in [0.05, 0.1) is 12.6 Å². The molecule has 0 saturated heterocycles. The molecule has 0 bridgehead atoms. The summed E-state index contributed by atoms with van der Waals surface area (Å²) >= 11 is 0. The van der Waals surface area contributed by atoms with Crippen LogP contribution in [-0.4, -0.2) is 59.3 Å². The van der Waals surface area contributed by atoms with Crippen LogP contribution in [0, 0.1) is 0 Å². The number of carbonyl (C=O) groups excluding carboxylic acids is 2. The summed E-state index contributed by atoms with van der Waals surface area (Å²) < 4.78 is 0. The SMILES string of the molecule is CCN(CC)C(=O)CN(C)C(=O)[C@@H](N)Cc1c[nH]c2ccccc12. The van der Waals surface area contributed by atoms with Crippen molar-refractivity contribution in [2.75, 3.05) is 26.7 Å². The fourth-order valence-corrected chi connectivity index (χ4v) is 2.86. The highest BCUT2D eigenvalue weighted by Crippen LogP contribution is 2.19. The highest BCUT2D eigenvalue weighted by molar-refractivity contribution is 5.88. The van der Waals surface area contributed by atoms with E-state index in [1.165, 1.54) is 4.90 Å². The van der Waals surface area contributed by atoms with Crippen LogP contribution in [0.1, 0.15) is 19.4 Å². The molecule has 1 aromatic carbocycles. The fraction of sp³-hybridized carbons (Fsp3) is 0.444. The third-order valence-electron chi connectivity index (χ3n) is 4.30. The number of hydrogen-bond donors (Lipinski definition) is 2. The van der Waals surface area contributed by atoms with Gasteiger partial charge in [0.2, 0.25) is 11.8 Å². The molecule has 2 aromatic rings. The van der Waals surface area contributed by atoms with Crippen LogP contribution in [0.2, 0.25) is 0 Å². The Hall–Kier alpha value is -2.34. The van der Waals surface area contributed by atoms with E-state index in [2.05, 4.69) is 4.98 Å². The maximum atomic E-state index is 12.5. The quantitative estimate of drug-likeness (QED) is 0.804. The van der Waals surface area contributed by atoms with Gasteiger partial charge in [-0.15, -0.1) is 0 Å². The summed E-state index contributed by atoms with van der Waals surface area (Å²) in [5.74, 6) is -0.282. The number of hydrogen-bond acceptors (Lipinski definition) is 3. The van der Waals surface area contributed by atoms with E-state index in [1.807, 2.05) is 44.3 Å². The van der Waals surface area contributed by atoms with E-state index in [4.69, 9.17) is 5.73 Å². The van der Waals surface area contributed by atoms with E-state index in [-0.39, 0.29) is 18.4 Å². The molecule has 0 aliphatic carbocycles. The van der Waals surface area contributed by atoms with Gasteiger partial charge in [0.15, 0.2) is 0 Å². The molecular weight excluding hydrogens is 304 g/mol. The molecule has 0 aliphatic rings. The average Bonchev–Trinajstić information content (AvgIpc) is 2.98. The lowest BCUT2D eigenvalue weighted by Gasteiger charge is -2.25. The summed E-state index contributed by atoms with van der Waals surface area (Å²) in [6, 6.07) is 7.24. The Morgan fingerprint density at radius 2 is 1.88 bits per heavy atom. The molecule has 2 rings (SSSR count). The minimum Gasteiger partial charge on any atom is -0.361 e. The Morgan fingerprint density at radius 1 is 1.21 bits per heavy atom. The summed E-state index contributed by atoms with van der Waals surface area (Å²) in [6.45, 7) is 5.18. The number of aromatic amines is 1. The molecule has 0 saturated carbocycles. The van der Waals surface area contributed by atoms with Gasteiger partial charge in [0, 0.05) is 37.2 Å². The molecular formula is C18H26N4O2. The maximum absolute atomic E-state index is 12.5. The molecule has 6 heteroatoms. The normalized spacial score (nSPS) is 12.2. The molecule has 130 valence electrons. The first-order chi connectivity index (χ1) is 11.5. The smallest absolute Gasteiger partial charge is 0.242 e. The van der Waals surface area contributed by atoms with Gasteiger partial charge in [0.25, 0.3) is 0 Å². The molecule has 0 aliphatic heterocycles. The van der Waals surface area contributed by atoms with Crippen molar-refractivity contribution in [3.8, 4) is 0 Å². The number of amides is 2. The number of rotatable bonds is 7. The number of aromatic nitrogens is 1. The number of fused-ring (bicyclic) bond motifs is 1. The average molecular weight is 330 g/mol. The first-order valence-corrected chi connectivity index (χ1v) is 8.31. The molecule has 0 radical (unpaired) electrons. The van der Waals surface area contributed by atoms with Crippen molar-refractivity contribution in [1.82, 2.24) is 14.8 Å². The fourth-order valence-electron chi connectivity index (χ4n) is 2.86. The predicted molar refractivity (Wildman–Crippen MR) is 95.5 cm³/mol. The number of carbonyl (C=O) groups is 2. The first-order valence-electron chi connectivity index (χ1n) is 8.31. The van der Waals surface area contributed by atoms with Gasteiger partial charge in [-0.2, -0.15) is 0 Å². The van der Waals surface area contributed by atoms with Crippen LogP contribution in [-0.2, 0) is 16.0 Å². The molecule has 1 heterocycles. The minimum absolute atomic E-state index is 0.0576. The van der Waals surface area contributed by atoms with Crippen LogP contribution in [0.3, 0.4) is 0 Å². The van der Waals surface area contributed by atoms with Crippen molar-refractivity contribution in [2.45, 2.75) is 26.3 Å². The lowest BCUT2D eigenvalue weighted by atomic mass is 10.0. The number of benzene rings is 1. The van der Waals surface area contributed by atoms with Crippen LogP contribution in [0.15, 0.2) is 30.5 Å². The summed E-state index contributed by atoms with van der Waals surface area (Å²) in [5.41, 5.74) is 8.12. The topological polar surface area (TPSA) is 82.4 Å². The summed E-state index contributed by atoms with van der Waals surface area (Å²) in [5, 5.41) is 1.07.